The van der Waals surface area contributed by atoms with Gasteiger partial charge in [-0.05, 0) is 12.1 Å². The number of piperidine rings is 1. The van der Waals surface area contributed by atoms with Crippen molar-refractivity contribution in [3.63, 3.8) is 0 Å². The van der Waals surface area contributed by atoms with Gasteiger partial charge in [0.2, 0.25) is 0 Å². The van der Waals surface area contributed by atoms with Gasteiger partial charge in [-0.1, -0.05) is 30.3 Å². The molecule has 2 aromatic carbocycles. The molecular formula is C20H24N2O6P+. The van der Waals surface area contributed by atoms with Crippen molar-refractivity contribution < 1.29 is 27.5 Å². The van der Waals surface area contributed by atoms with Gasteiger partial charge in [0.05, 0.1) is 43.7 Å². The summed E-state index contributed by atoms with van der Waals surface area (Å²) in [6.07, 6.45) is 0.583. The van der Waals surface area contributed by atoms with E-state index in [4.69, 9.17) is 13.6 Å². The molecule has 0 N–H and O–H groups in total. The van der Waals surface area contributed by atoms with E-state index in [1.54, 1.807) is 0 Å². The number of nitro benzene ring substituents is 1. The molecule has 2 fully saturated rings. The number of phosphoric ester groups is 1. The predicted molar refractivity (Wildman–Crippen MR) is 106 cm³/mol. The second-order valence-electron chi connectivity index (χ2n) is 7.95. The summed E-state index contributed by atoms with van der Waals surface area (Å²) < 4.78 is 30.6. The smallest absolute Gasteiger partial charge is 0.404 e. The van der Waals surface area contributed by atoms with Crippen LogP contribution in [0, 0.1) is 16.0 Å². The maximum atomic E-state index is 12.9. The largest absolute Gasteiger partial charge is 0.530 e. The zero-order valence-corrected chi connectivity index (χ0v) is 17.1. The number of phosphoric acid groups is 1. The van der Waals surface area contributed by atoms with E-state index in [1.165, 1.54) is 29.8 Å². The Morgan fingerprint density at radius 3 is 2.62 bits per heavy atom. The molecule has 9 heteroatoms. The lowest BCUT2D eigenvalue weighted by molar-refractivity contribution is -0.931. The Hall–Kier alpha value is -2.25. The molecule has 0 aliphatic carbocycles. The first kappa shape index (κ1) is 20.0. The molecule has 2 aromatic rings. The third-order valence-corrected chi connectivity index (χ3v) is 6.97. The van der Waals surface area contributed by atoms with Gasteiger partial charge < -0.3 is 9.01 Å². The van der Waals surface area contributed by atoms with Crippen molar-refractivity contribution in [2.45, 2.75) is 19.1 Å². The summed E-state index contributed by atoms with van der Waals surface area (Å²) in [5.41, 5.74) is 1.22. The quantitative estimate of drug-likeness (QED) is 0.313. The maximum absolute atomic E-state index is 12.9. The molecule has 0 aromatic heterocycles. The highest BCUT2D eigenvalue weighted by molar-refractivity contribution is 7.49. The molecule has 0 radical (unpaired) electrons. The van der Waals surface area contributed by atoms with Crippen LogP contribution in [0.2, 0.25) is 0 Å². The van der Waals surface area contributed by atoms with Crippen LogP contribution in [0.25, 0.3) is 0 Å². The van der Waals surface area contributed by atoms with E-state index in [1.807, 2.05) is 18.2 Å². The number of nitro groups is 1. The van der Waals surface area contributed by atoms with Gasteiger partial charge in [0.1, 0.15) is 12.3 Å². The van der Waals surface area contributed by atoms with Crippen LogP contribution in [0.5, 0.6) is 5.75 Å². The first-order valence-corrected chi connectivity index (χ1v) is 11.0. The average Bonchev–Trinajstić information content (AvgIpc) is 2.69. The number of rotatable bonds is 5. The Balaban J connectivity index is 1.38. The van der Waals surface area contributed by atoms with Crippen LogP contribution < -0.4 is 4.52 Å². The molecule has 0 bridgehead atoms. The van der Waals surface area contributed by atoms with Gasteiger partial charge in [-0.25, -0.2) is 4.57 Å². The molecular weight excluding hydrogens is 395 g/mol. The van der Waals surface area contributed by atoms with Crippen LogP contribution in [-0.4, -0.2) is 42.3 Å². The summed E-state index contributed by atoms with van der Waals surface area (Å²) >= 11 is 0. The minimum Gasteiger partial charge on any atom is -0.404 e. The summed E-state index contributed by atoms with van der Waals surface area (Å²) in [6, 6.07) is 15.8. The second kappa shape index (κ2) is 7.88. The molecule has 4 atom stereocenters. The molecule has 2 aliphatic heterocycles. The van der Waals surface area contributed by atoms with Gasteiger partial charge in [0.15, 0.2) is 0 Å². The van der Waals surface area contributed by atoms with Gasteiger partial charge in [0.25, 0.3) is 5.69 Å². The molecule has 2 saturated heterocycles. The van der Waals surface area contributed by atoms with Crippen molar-refractivity contribution in [1.29, 1.82) is 0 Å². The van der Waals surface area contributed by atoms with E-state index in [2.05, 4.69) is 19.2 Å². The number of quaternary nitrogens is 1. The first-order chi connectivity index (χ1) is 13.8. The third kappa shape index (κ3) is 4.67. The van der Waals surface area contributed by atoms with E-state index in [-0.39, 0.29) is 23.5 Å². The minimum atomic E-state index is -3.75. The predicted octanol–water partition coefficient (Wildman–Crippen LogP) is 4.16. The lowest BCUT2D eigenvalue weighted by Crippen LogP contribution is -2.57. The van der Waals surface area contributed by atoms with Crippen molar-refractivity contribution in [3.05, 3.63) is 70.3 Å². The van der Waals surface area contributed by atoms with E-state index in [0.717, 1.165) is 30.5 Å². The van der Waals surface area contributed by atoms with Gasteiger partial charge in [-0.2, -0.15) is 0 Å². The number of hydrogen-bond acceptors (Lipinski definition) is 6. The maximum Gasteiger partial charge on any atom is 0.530 e. The molecule has 154 valence electrons. The summed E-state index contributed by atoms with van der Waals surface area (Å²) in [4.78, 5) is 10.2. The highest BCUT2D eigenvalue weighted by atomic mass is 31.2. The van der Waals surface area contributed by atoms with E-state index < -0.39 is 12.7 Å². The van der Waals surface area contributed by atoms with E-state index in [0.29, 0.717) is 6.61 Å². The number of likely N-dealkylation sites (tertiary alicyclic amines) is 1. The van der Waals surface area contributed by atoms with E-state index >= 15 is 0 Å². The van der Waals surface area contributed by atoms with Gasteiger partial charge in [-0.15, -0.1) is 0 Å². The number of hydrogen-bond donors (Lipinski definition) is 0. The fourth-order valence-electron chi connectivity index (χ4n) is 4.11. The van der Waals surface area contributed by atoms with Crippen molar-refractivity contribution >= 4 is 13.5 Å². The summed E-state index contributed by atoms with van der Waals surface area (Å²) in [7, 11) is -1.52. The van der Waals surface area contributed by atoms with Crippen LogP contribution in [0.3, 0.4) is 0 Å². The summed E-state index contributed by atoms with van der Waals surface area (Å²) in [5.74, 6) is 0.359. The molecule has 0 spiro atoms. The summed E-state index contributed by atoms with van der Waals surface area (Å²) in [5, 5.41) is 10.7. The standard InChI is InChI=1S/C20H24N2O6P/c1-22(13-16-5-3-2-4-6-16)12-11-20-17(14-22)15-26-29(25,28-20)27-19-9-7-18(8-10-19)21(23)24/h2-10,17,20H,11-15H2,1H3/q+1/t17-,20+,22?,29?/m1/s1. The van der Waals surface area contributed by atoms with Crippen molar-refractivity contribution in [2.24, 2.45) is 5.92 Å². The number of non-ortho nitro benzene ring substituents is 1. The molecule has 2 heterocycles. The highest BCUT2D eigenvalue weighted by Crippen LogP contribution is 2.55. The second-order valence-corrected chi connectivity index (χ2v) is 9.49. The molecule has 2 aliphatic rings. The number of nitrogens with zero attached hydrogens (tertiary/aromatic N) is 2. The highest BCUT2D eigenvalue weighted by Gasteiger charge is 2.48. The Kier molecular flexibility index (Phi) is 5.44. The molecule has 0 saturated carbocycles. The van der Waals surface area contributed by atoms with Crippen LogP contribution in [-0.2, 0) is 20.2 Å². The number of fused-ring (bicyclic) bond motifs is 1. The molecule has 2 unspecified atom stereocenters. The van der Waals surface area contributed by atoms with E-state index in [9.17, 15) is 14.7 Å². The average molecular weight is 419 g/mol. The van der Waals surface area contributed by atoms with Crippen molar-refractivity contribution in [2.75, 3.05) is 26.7 Å². The van der Waals surface area contributed by atoms with Gasteiger partial charge in [-0.3, -0.25) is 19.2 Å². The number of benzene rings is 2. The van der Waals surface area contributed by atoms with Crippen LogP contribution >= 0.6 is 7.82 Å². The molecule has 0 amide bonds. The lowest BCUT2D eigenvalue weighted by atomic mass is 9.93. The fourth-order valence-corrected chi connectivity index (χ4v) is 5.62. The van der Waals surface area contributed by atoms with Crippen LogP contribution in [0.15, 0.2) is 54.6 Å². The molecule has 4 rings (SSSR count). The Labute approximate surface area is 169 Å². The van der Waals surface area contributed by atoms with Crippen LogP contribution in [0.4, 0.5) is 5.69 Å². The SMILES string of the molecule is C[N+]1(Cc2ccccc2)CC[C@@H]2OP(=O)(Oc3ccc([N+](=O)[O-])cc3)OC[C@H]2C1. The van der Waals surface area contributed by atoms with Crippen molar-refractivity contribution in [3.8, 4) is 5.75 Å². The normalized spacial score (nSPS) is 31.6. The lowest BCUT2D eigenvalue weighted by Gasteiger charge is -2.46. The zero-order valence-electron chi connectivity index (χ0n) is 16.2. The Bertz CT molecular complexity index is 922. The Morgan fingerprint density at radius 2 is 1.93 bits per heavy atom. The Morgan fingerprint density at radius 1 is 1.21 bits per heavy atom. The molecule has 8 nitrogen and oxygen atoms in total. The van der Waals surface area contributed by atoms with Crippen LogP contribution in [0.1, 0.15) is 12.0 Å². The topological polar surface area (TPSA) is 87.9 Å². The first-order valence-electron chi connectivity index (χ1n) is 9.59. The minimum absolute atomic E-state index is 0.0658. The fraction of sp³-hybridized carbons (Fsp3) is 0.400. The van der Waals surface area contributed by atoms with Gasteiger partial charge in [0, 0.05) is 24.1 Å². The summed E-state index contributed by atoms with van der Waals surface area (Å²) in [6.45, 7) is 3.02. The third-order valence-electron chi connectivity index (χ3n) is 5.54. The zero-order chi connectivity index (χ0) is 20.5. The molecule has 29 heavy (non-hydrogen) atoms. The monoisotopic (exact) mass is 419 g/mol. The van der Waals surface area contributed by atoms with Crippen molar-refractivity contribution in [1.82, 2.24) is 0 Å². The van der Waals surface area contributed by atoms with Gasteiger partial charge >= 0.3 is 7.82 Å².